The lowest BCUT2D eigenvalue weighted by molar-refractivity contribution is -0.139. The zero-order valence-electron chi connectivity index (χ0n) is 11.3. The molecule has 0 radical (unpaired) electrons. The summed E-state index contributed by atoms with van der Waals surface area (Å²) in [5.74, 6) is -0.414. The van der Waals surface area contributed by atoms with E-state index >= 15 is 0 Å². The Bertz CT molecular complexity index is 410. The van der Waals surface area contributed by atoms with Gasteiger partial charge in [-0.2, -0.15) is 0 Å². The Labute approximate surface area is 114 Å². The van der Waals surface area contributed by atoms with Crippen molar-refractivity contribution < 1.29 is 14.6 Å². The molecule has 0 unspecified atom stereocenters. The number of aliphatic carboxylic acids is 1. The Kier molecular flexibility index (Phi) is 4.80. The highest BCUT2D eigenvalue weighted by Gasteiger charge is 2.21. The lowest BCUT2D eigenvalue weighted by Crippen LogP contribution is -2.24. The molecule has 0 spiro atoms. The van der Waals surface area contributed by atoms with Crippen molar-refractivity contribution in [2.24, 2.45) is 0 Å². The van der Waals surface area contributed by atoms with Crippen molar-refractivity contribution >= 4 is 5.97 Å². The second-order valence-electron chi connectivity index (χ2n) is 5.00. The molecule has 0 bridgehead atoms. The number of methoxy groups -OCH3 is 1. The number of hydrogen-bond acceptors (Lipinski definition) is 3. The average molecular weight is 263 g/mol. The van der Waals surface area contributed by atoms with Gasteiger partial charge in [-0.25, -0.2) is 0 Å². The van der Waals surface area contributed by atoms with E-state index in [0.29, 0.717) is 6.42 Å². The van der Waals surface area contributed by atoms with Gasteiger partial charge in [-0.05, 0) is 56.6 Å². The molecule has 1 fully saturated rings. The quantitative estimate of drug-likeness (QED) is 0.856. The first-order valence-corrected chi connectivity index (χ1v) is 6.80. The molecule has 1 aromatic rings. The summed E-state index contributed by atoms with van der Waals surface area (Å²) in [4.78, 5) is 13.8. The number of likely N-dealkylation sites (tertiary alicyclic amines) is 1. The van der Waals surface area contributed by atoms with Gasteiger partial charge >= 0.3 is 5.97 Å². The predicted molar refractivity (Wildman–Crippen MR) is 73.7 cm³/mol. The van der Waals surface area contributed by atoms with Gasteiger partial charge in [0, 0.05) is 0 Å². The molecule has 19 heavy (non-hydrogen) atoms. The molecule has 1 heterocycles. The van der Waals surface area contributed by atoms with Crippen LogP contribution in [0.3, 0.4) is 0 Å². The molecular weight excluding hydrogens is 242 g/mol. The molecule has 1 atom stereocenters. The third-order valence-corrected chi connectivity index (χ3v) is 3.75. The van der Waals surface area contributed by atoms with E-state index in [0.717, 1.165) is 30.9 Å². The second kappa shape index (κ2) is 6.57. The van der Waals surface area contributed by atoms with E-state index in [1.165, 1.54) is 12.8 Å². The minimum Gasteiger partial charge on any atom is -0.497 e. The number of rotatable bonds is 6. The van der Waals surface area contributed by atoms with Crippen LogP contribution in [0.1, 0.15) is 30.7 Å². The molecule has 1 aromatic carbocycles. The van der Waals surface area contributed by atoms with Gasteiger partial charge < -0.3 is 14.7 Å². The standard InChI is InChI=1S/C15H21NO3/c1-19-13-6-4-12(5-7-13)14(15(17)18)8-11-16-9-2-3-10-16/h4-7,14H,2-3,8-11H2,1H3,(H,17,18)/t14-/m0/s1. The number of carbonyl (C=O) groups is 1. The summed E-state index contributed by atoms with van der Waals surface area (Å²) in [6, 6.07) is 7.34. The summed E-state index contributed by atoms with van der Waals surface area (Å²) >= 11 is 0. The first kappa shape index (κ1) is 13.9. The molecule has 1 aliphatic heterocycles. The highest BCUT2D eigenvalue weighted by molar-refractivity contribution is 5.76. The Morgan fingerprint density at radius 1 is 1.32 bits per heavy atom. The van der Waals surface area contributed by atoms with Crippen molar-refractivity contribution in [3.05, 3.63) is 29.8 Å². The highest BCUT2D eigenvalue weighted by Crippen LogP contribution is 2.23. The molecule has 0 saturated carbocycles. The third-order valence-electron chi connectivity index (χ3n) is 3.75. The first-order chi connectivity index (χ1) is 9.20. The lowest BCUT2D eigenvalue weighted by atomic mass is 9.95. The van der Waals surface area contributed by atoms with Gasteiger partial charge in [-0.3, -0.25) is 4.79 Å². The van der Waals surface area contributed by atoms with Crippen LogP contribution in [0.4, 0.5) is 0 Å². The molecule has 1 N–H and O–H groups in total. The van der Waals surface area contributed by atoms with Crippen LogP contribution in [0.2, 0.25) is 0 Å². The minimum atomic E-state index is -0.746. The van der Waals surface area contributed by atoms with Crippen LogP contribution in [0, 0.1) is 0 Å². The smallest absolute Gasteiger partial charge is 0.311 e. The van der Waals surface area contributed by atoms with Crippen molar-refractivity contribution in [2.75, 3.05) is 26.7 Å². The van der Waals surface area contributed by atoms with E-state index in [2.05, 4.69) is 4.90 Å². The van der Waals surface area contributed by atoms with E-state index in [1.54, 1.807) is 7.11 Å². The maximum atomic E-state index is 11.4. The van der Waals surface area contributed by atoms with E-state index < -0.39 is 11.9 Å². The summed E-state index contributed by atoms with van der Waals surface area (Å²) in [5, 5.41) is 9.38. The van der Waals surface area contributed by atoms with Crippen LogP contribution in [-0.4, -0.2) is 42.7 Å². The van der Waals surface area contributed by atoms with Gasteiger partial charge in [0.15, 0.2) is 0 Å². The van der Waals surface area contributed by atoms with E-state index in [4.69, 9.17) is 4.74 Å². The Hall–Kier alpha value is -1.55. The Morgan fingerprint density at radius 3 is 2.47 bits per heavy atom. The highest BCUT2D eigenvalue weighted by atomic mass is 16.5. The largest absolute Gasteiger partial charge is 0.497 e. The van der Waals surface area contributed by atoms with Gasteiger partial charge in [0.1, 0.15) is 5.75 Å². The van der Waals surface area contributed by atoms with E-state index in [-0.39, 0.29) is 0 Å². The molecule has 1 aliphatic rings. The van der Waals surface area contributed by atoms with Gasteiger partial charge in [0.2, 0.25) is 0 Å². The topological polar surface area (TPSA) is 49.8 Å². The van der Waals surface area contributed by atoms with Gasteiger partial charge in [-0.15, -0.1) is 0 Å². The Morgan fingerprint density at radius 2 is 1.95 bits per heavy atom. The number of nitrogens with zero attached hydrogens (tertiary/aromatic N) is 1. The number of ether oxygens (including phenoxy) is 1. The molecule has 2 rings (SSSR count). The molecule has 0 aliphatic carbocycles. The van der Waals surface area contributed by atoms with E-state index in [9.17, 15) is 9.90 Å². The Balaban J connectivity index is 1.99. The first-order valence-electron chi connectivity index (χ1n) is 6.80. The van der Waals surface area contributed by atoms with Gasteiger partial charge in [-0.1, -0.05) is 12.1 Å². The molecule has 1 saturated heterocycles. The van der Waals surface area contributed by atoms with Crippen molar-refractivity contribution in [3.63, 3.8) is 0 Å². The van der Waals surface area contributed by atoms with Crippen molar-refractivity contribution in [3.8, 4) is 5.75 Å². The molecule has 4 heteroatoms. The zero-order chi connectivity index (χ0) is 13.7. The molecule has 4 nitrogen and oxygen atoms in total. The minimum absolute atomic E-state index is 0.425. The second-order valence-corrected chi connectivity index (χ2v) is 5.00. The third kappa shape index (κ3) is 3.70. The number of benzene rings is 1. The molecular formula is C15H21NO3. The van der Waals surface area contributed by atoms with Crippen LogP contribution in [0.25, 0.3) is 0 Å². The maximum Gasteiger partial charge on any atom is 0.311 e. The fourth-order valence-electron chi connectivity index (χ4n) is 2.59. The number of hydrogen-bond donors (Lipinski definition) is 1. The van der Waals surface area contributed by atoms with E-state index in [1.807, 2.05) is 24.3 Å². The SMILES string of the molecule is COc1ccc([C@H](CCN2CCCC2)C(=O)O)cc1. The summed E-state index contributed by atoms with van der Waals surface area (Å²) in [6.45, 7) is 3.08. The number of carboxylic acids is 1. The van der Waals surface area contributed by atoms with Crippen LogP contribution in [0.15, 0.2) is 24.3 Å². The lowest BCUT2D eigenvalue weighted by Gasteiger charge is -2.18. The summed E-state index contributed by atoms with van der Waals surface area (Å²) in [5.41, 5.74) is 0.854. The fourth-order valence-corrected chi connectivity index (χ4v) is 2.59. The monoisotopic (exact) mass is 263 g/mol. The average Bonchev–Trinajstić information content (AvgIpc) is 2.92. The van der Waals surface area contributed by atoms with Crippen molar-refractivity contribution in [2.45, 2.75) is 25.2 Å². The van der Waals surface area contributed by atoms with Gasteiger partial charge in [0.25, 0.3) is 0 Å². The predicted octanol–water partition coefficient (Wildman–Crippen LogP) is 2.35. The fraction of sp³-hybridized carbons (Fsp3) is 0.533. The normalized spacial score (nSPS) is 17.3. The summed E-state index contributed by atoms with van der Waals surface area (Å²) < 4.78 is 5.09. The molecule has 0 aromatic heterocycles. The van der Waals surface area contributed by atoms with Crippen LogP contribution < -0.4 is 4.74 Å². The van der Waals surface area contributed by atoms with Crippen LogP contribution in [-0.2, 0) is 4.79 Å². The summed E-state index contributed by atoms with van der Waals surface area (Å²) in [6.07, 6.45) is 3.14. The van der Waals surface area contributed by atoms with Crippen molar-refractivity contribution in [1.82, 2.24) is 4.90 Å². The maximum absolute atomic E-state index is 11.4. The number of carboxylic acid groups (broad SMARTS) is 1. The molecule has 104 valence electrons. The van der Waals surface area contributed by atoms with Crippen LogP contribution in [0.5, 0.6) is 5.75 Å². The van der Waals surface area contributed by atoms with Crippen molar-refractivity contribution in [1.29, 1.82) is 0 Å². The molecule has 0 amide bonds. The van der Waals surface area contributed by atoms with Crippen LogP contribution >= 0.6 is 0 Å². The van der Waals surface area contributed by atoms with Gasteiger partial charge in [0.05, 0.1) is 13.0 Å². The zero-order valence-corrected chi connectivity index (χ0v) is 11.3. The summed E-state index contributed by atoms with van der Waals surface area (Å²) in [7, 11) is 1.61.